The maximum absolute atomic E-state index is 12.5. The van der Waals surface area contributed by atoms with Crippen molar-refractivity contribution in [2.45, 2.75) is 71.1 Å². The van der Waals surface area contributed by atoms with Gasteiger partial charge in [-0.1, -0.05) is 6.07 Å². The molecule has 1 saturated heterocycles. The number of halogens is 1. The van der Waals surface area contributed by atoms with Crippen LogP contribution in [0.2, 0.25) is 0 Å². The lowest BCUT2D eigenvalue weighted by Gasteiger charge is -2.43. The molecule has 5 heteroatoms. The lowest BCUT2D eigenvalue weighted by molar-refractivity contribution is -0.00254. The Morgan fingerprint density at radius 1 is 1.26 bits per heavy atom. The van der Waals surface area contributed by atoms with Gasteiger partial charge in [-0.05, 0) is 87.0 Å². The van der Waals surface area contributed by atoms with E-state index < -0.39 is 5.60 Å². The van der Waals surface area contributed by atoms with E-state index in [1.165, 1.54) is 5.56 Å². The monoisotopic (exact) mass is 382 g/mol. The van der Waals surface area contributed by atoms with Crippen molar-refractivity contribution in [1.29, 1.82) is 0 Å². The van der Waals surface area contributed by atoms with Gasteiger partial charge in [0, 0.05) is 22.2 Å². The fourth-order valence-corrected chi connectivity index (χ4v) is 3.72. The van der Waals surface area contributed by atoms with E-state index in [0.29, 0.717) is 5.92 Å². The number of nitrogens with two attached hydrogens (primary N) is 1. The molecular formula is C18H27BrN2O2. The summed E-state index contributed by atoms with van der Waals surface area (Å²) in [7, 11) is 0. The summed E-state index contributed by atoms with van der Waals surface area (Å²) >= 11 is 3.50. The molecule has 1 aliphatic rings. The summed E-state index contributed by atoms with van der Waals surface area (Å²) in [4.78, 5) is 14.3. The summed E-state index contributed by atoms with van der Waals surface area (Å²) in [6.07, 6.45) is 1.65. The van der Waals surface area contributed by atoms with Crippen molar-refractivity contribution in [3.05, 3.63) is 28.2 Å². The molecule has 2 atom stereocenters. The molecule has 128 valence electrons. The van der Waals surface area contributed by atoms with Crippen LogP contribution >= 0.6 is 15.9 Å². The van der Waals surface area contributed by atoms with Crippen molar-refractivity contribution in [3.8, 4) is 0 Å². The second kappa shape index (κ2) is 6.71. The summed E-state index contributed by atoms with van der Waals surface area (Å²) in [5.41, 5.74) is 7.44. The number of carbonyl (C=O) groups is 1. The highest BCUT2D eigenvalue weighted by Crippen LogP contribution is 2.37. The number of rotatable bonds is 1. The van der Waals surface area contributed by atoms with E-state index in [9.17, 15) is 4.79 Å². The van der Waals surface area contributed by atoms with Crippen molar-refractivity contribution >= 4 is 27.7 Å². The first-order valence-corrected chi connectivity index (χ1v) is 8.94. The van der Waals surface area contributed by atoms with Gasteiger partial charge in [0.05, 0.1) is 0 Å². The Labute approximate surface area is 147 Å². The quantitative estimate of drug-likeness (QED) is 0.700. The Morgan fingerprint density at radius 2 is 1.83 bits per heavy atom. The molecule has 0 aliphatic carbocycles. The molecule has 2 rings (SSSR count). The molecular weight excluding hydrogens is 356 g/mol. The number of likely N-dealkylation sites (tertiary alicyclic amines) is 1. The second-order valence-corrected chi connectivity index (χ2v) is 8.39. The lowest BCUT2D eigenvalue weighted by atomic mass is 9.82. The Kier molecular flexibility index (Phi) is 5.29. The standard InChI is InChI=1S/C18H27BrN2O2/c1-11-8-14(13-6-7-16(20)15(19)10-13)9-12(2)21(11)17(22)23-18(3,4)5/h6-7,10-12,14H,8-9,20H2,1-5H3/t11-,12-/m0/s1. The van der Waals surface area contributed by atoms with Gasteiger partial charge in [0.25, 0.3) is 0 Å². The largest absolute Gasteiger partial charge is 0.444 e. The Hall–Kier alpha value is -1.23. The first kappa shape index (κ1) is 18.1. The van der Waals surface area contributed by atoms with E-state index in [-0.39, 0.29) is 18.2 Å². The second-order valence-electron chi connectivity index (χ2n) is 7.53. The van der Waals surface area contributed by atoms with Crippen molar-refractivity contribution in [2.24, 2.45) is 0 Å². The molecule has 1 heterocycles. The molecule has 0 aromatic heterocycles. The normalized spacial score (nSPS) is 25.3. The predicted molar refractivity (Wildman–Crippen MR) is 97.5 cm³/mol. The Balaban J connectivity index is 2.12. The SMILES string of the molecule is C[C@H]1CC(c2ccc(N)c(Br)c2)C[C@H](C)N1C(=O)OC(C)(C)C. The van der Waals surface area contributed by atoms with Gasteiger partial charge in [-0.25, -0.2) is 4.79 Å². The van der Waals surface area contributed by atoms with Crippen LogP contribution < -0.4 is 5.73 Å². The maximum atomic E-state index is 12.5. The molecule has 4 nitrogen and oxygen atoms in total. The molecule has 1 aliphatic heterocycles. The van der Waals surface area contributed by atoms with Crippen LogP contribution in [0.3, 0.4) is 0 Å². The minimum absolute atomic E-state index is 0.148. The van der Waals surface area contributed by atoms with E-state index in [1.54, 1.807) is 0 Å². The van der Waals surface area contributed by atoms with E-state index in [1.807, 2.05) is 31.7 Å². The minimum atomic E-state index is -0.463. The Morgan fingerprint density at radius 3 is 2.30 bits per heavy atom. The summed E-state index contributed by atoms with van der Waals surface area (Å²) in [6, 6.07) is 6.43. The van der Waals surface area contributed by atoms with Gasteiger partial charge >= 0.3 is 6.09 Å². The molecule has 2 N–H and O–H groups in total. The van der Waals surface area contributed by atoms with Crippen LogP contribution in [0.25, 0.3) is 0 Å². The molecule has 0 saturated carbocycles. The number of benzene rings is 1. The van der Waals surface area contributed by atoms with E-state index in [2.05, 4.69) is 41.9 Å². The third kappa shape index (κ3) is 4.40. The number of hydrogen-bond acceptors (Lipinski definition) is 3. The molecule has 0 bridgehead atoms. The summed E-state index contributed by atoms with van der Waals surface area (Å²) < 4.78 is 6.49. The fourth-order valence-electron chi connectivity index (χ4n) is 3.33. The van der Waals surface area contributed by atoms with Crippen LogP contribution in [-0.2, 0) is 4.74 Å². The molecule has 1 fully saturated rings. The zero-order valence-corrected chi connectivity index (χ0v) is 16.2. The van der Waals surface area contributed by atoms with E-state index >= 15 is 0 Å². The van der Waals surface area contributed by atoms with Gasteiger partial charge in [-0.2, -0.15) is 0 Å². The number of ether oxygens (including phenoxy) is 1. The molecule has 1 amide bonds. The van der Waals surface area contributed by atoms with Crippen LogP contribution in [0, 0.1) is 0 Å². The van der Waals surface area contributed by atoms with Crippen molar-refractivity contribution in [1.82, 2.24) is 4.90 Å². The number of nitrogen functional groups attached to an aromatic ring is 1. The van der Waals surface area contributed by atoms with Crippen LogP contribution in [0.15, 0.2) is 22.7 Å². The van der Waals surface area contributed by atoms with Gasteiger partial charge in [0.15, 0.2) is 0 Å². The van der Waals surface area contributed by atoms with Gasteiger partial charge in [0.2, 0.25) is 0 Å². The molecule has 0 spiro atoms. The van der Waals surface area contributed by atoms with Crippen molar-refractivity contribution in [3.63, 3.8) is 0 Å². The minimum Gasteiger partial charge on any atom is -0.444 e. The number of carbonyl (C=O) groups excluding carboxylic acids is 1. The average Bonchev–Trinajstić information content (AvgIpc) is 2.38. The van der Waals surface area contributed by atoms with Crippen molar-refractivity contribution in [2.75, 3.05) is 5.73 Å². The zero-order chi connectivity index (χ0) is 17.4. The Bertz CT molecular complexity index is 571. The van der Waals surface area contributed by atoms with Crippen LogP contribution in [0.1, 0.15) is 58.9 Å². The number of piperidine rings is 1. The molecule has 1 aromatic carbocycles. The summed E-state index contributed by atoms with van der Waals surface area (Å²) in [5.74, 6) is 0.426. The molecule has 23 heavy (non-hydrogen) atoms. The van der Waals surface area contributed by atoms with Gasteiger partial charge in [-0.15, -0.1) is 0 Å². The highest BCUT2D eigenvalue weighted by Gasteiger charge is 2.36. The average molecular weight is 383 g/mol. The zero-order valence-electron chi connectivity index (χ0n) is 14.6. The van der Waals surface area contributed by atoms with Crippen molar-refractivity contribution < 1.29 is 9.53 Å². The number of amides is 1. The van der Waals surface area contributed by atoms with Crippen LogP contribution in [0.4, 0.5) is 10.5 Å². The van der Waals surface area contributed by atoms with Crippen LogP contribution in [-0.4, -0.2) is 28.7 Å². The highest BCUT2D eigenvalue weighted by atomic mass is 79.9. The first-order chi connectivity index (χ1) is 10.6. The van der Waals surface area contributed by atoms with Gasteiger partial charge in [0.1, 0.15) is 5.60 Å². The van der Waals surface area contributed by atoms with E-state index in [0.717, 1.165) is 23.0 Å². The molecule has 1 aromatic rings. The first-order valence-electron chi connectivity index (χ1n) is 8.14. The fraction of sp³-hybridized carbons (Fsp3) is 0.611. The van der Waals surface area contributed by atoms with Gasteiger partial charge < -0.3 is 15.4 Å². The number of anilines is 1. The molecule has 0 radical (unpaired) electrons. The number of hydrogen-bond donors (Lipinski definition) is 1. The van der Waals surface area contributed by atoms with Gasteiger partial charge in [-0.3, -0.25) is 0 Å². The number of nitrogens with zero attached hydrogens (tertiary/aromatic N) is 1. The maximum Gasteiger partial charge on any atom is 0.410 e. The molecule has 0 unspecified atom stereocenters. The topological polar surface area (TPSA) is 55.6 Å². The lowest BCUT2D eigenvalue weighted by Crippen LogP contribution is -2.51. The summed E-state index contributed by atoms with van der Waals surface area (Å²) in [5, 5.41) is 0. The van der Waals surface area contributed by atoms with E-state index in [4.69, 9.17) is 10.5 Å². The van der Waals surface area contributed by atoms with Crippen LogP contribution in [0.5, 0.6) is 0 Å². The smallest absolute Gasteiger partial charge is 0.410 e. The third-order valence-corrected chi connectivity index (χ3v) is 4.99. The highest BCUT2D eigenvalue weighted by molar-refractivity contribution is 9.10. The summed E-state index contributed by atoms with van der Waals surface area (Å²) in [6.45, 7) is 9.90. The third-order valence-electron chi connectivity index (χ3n) is 4.30. The predicted octanol–water partition coefficient (Wildman–Crippen LogP) is 4.92.